The Bertz CT molecular complexity index is 2480. The van der Waals surface area contributed by atoms with Gasteiger partial charge in [-0.2, -0.15) is 0 Å². The van der Waals surface area contributed by atoms with Crippen molar-refractivity contribution >= 4 is 17.0 Å². The van der Waals surface area contributed by atoms with E-state index in [0.29, 0.717) is 11.8 Å². The van der Waals surface area contributed by atoms with Crippen LogP contribution in [-0.2, 0) is 4.74 Å². The molecule has 1 fully saturated rings. The van der Waals surface area contributed by atoms with E-state index in [1.807, 2.05) is 0 Å². The maximum Gasteiger partial charge on any atom is 0.131 e. The Balaban J connectivity index is 1.04. The lowest BCUT2D eigenvalue weighted by Gasteiger charge is -2.50. The van der Waals surface area contributed by atoms with Crippen LogP contribution >= 0.6 is 0 Å². The Hall–Kier alpha value is -5.64. The van der Waals surface area contributed by atoms with Crippen LogP contribution in [0.2, 0.25) is 0 Å². The first-order valence-electron chi connectivity index (χ1n) is 19.3. The minimum absolute atomic E-state index is 0.0718. The molecule has 1 saturated heterocycles. The second-order valence-electron chi connectivity index (χ2n) is 15.3. The number of aromatic nitrogens is 1. The molecule has 7 atom stereocenters. The minimum atomic E-state index is 0.0718. The summed E-state index contributed by atoms with van der Waals surface area (Å²) in [5, 5.41) is 1.37. The van der Waals surface area contributed by atoms with Crippen molar-refractivity contribution in [3.05, 3.63) is 192 Å². The fourth-order valence-corrected chi connectivity index (χ4v) is 10.5. The highest BCUT2D eigenvalue weighted by Gasteiger charge is 2.50. The van der Waals surface area contributed by atoms with Gasteiger partial charge in [0.05, 0.1) is 23.4 Å². The zero-order valence-corrected chi connectivity index (χ0v) is 29.6. The first-order chi connectivity index (χ1) is 26.3. The maximum atomic E-state index is 7.25. The first-order valence-corrected chi connectivity index (χ1v) is 19.3. The molecule has 3 aliphatic carbocycles. The predicted molar refractivity (Wildman–Crippen MR) is 215 cm³/mol. The van der Waals surface area contributed by atoms with Crippen LogP contribution in [0.5, 0.6) is 11.5 Å². The van der Waals surface area contributed by atoms with Crippen molar-refractivity contribution in [1.82, 2.24) is 4.57 Å². The third-order valence-corrected chi connectivity index (χ3v) is 12.6. The normalized spacial score (nSPS) is 26.4. The van der Waals surface area contributed by atoms with Crippen LogP contribution in [0.25, 0.3) is 33.8 Å². The van der Waals surface area contributed by atoms with Crippen molar-refractivity contribution in [1.29, 1.82) is 0 Å². The summed E-state index contributed by atoms with van der Waals surface area (Å²) in [6.07, 6.45) is 20.0. The first kappa shape index (κ1) is 30.9. The Morgan fingerprint density at radius 2 is 1.45 bits per heavy atom. The number of benzene rings is 5. The van der Waals surface area contributed by atoms with Gasteiger partial charge in [-0.15, -0.1) is 0 Å². The standard InChI is InChI=1S/C50H41NO2/c1-3-15-32(16-4-1)35-23-14-28-45-49(35)50(39-21-9-12-27-44(39)52-45)48-38-20-8-11-26-43(38)53-46-31-33(29-30-40(46)48)36-22-13-25-42-47(36)37-19-7-10-24-41(37)51(42)34-17-5-2-6-18-34/h1-21,23-25,27-30,33,36,40,43,46,48,50H,22,26,31H2/t33-,36?,40?,43+,46?,48?,50?/m1/s1. The number of para-hydroxylation sites is 3. The van der Waals surface area contributed by atoms with Crippen LogP contribution in [0.1, 0.15) is 53.5 Å². The number of nitrogens with zero attached hydrogens (tertiary/aromatic N) is 1. The molecule has 2 aliphatic heterocycles. The third kappa shape index (κ3) is 4.91. The van der Waals surface area contributed by atoms with Crippen molar-refractivity contribution in [2.45, 2.75) is 43.3 Å². The summed E-state index contributed by atoms with van der Waals surface area (Å²) in [6.45, 7) is 0. The molecule has 3 heteroatoms. The van der Waals surface area contributed by atoms with Gasteiger partial charge in [-0.05, 0) is 89.8 Å². The van der Waals surface area contributed by atoms with Crippen molar-refractivity contribution < 1.29 is 9.47 Å². The molecule has 0 bridgehead atoms. The van der Waals surface area contributed by atoms with E-state index >= 15 is 0 Å². The lowest BCUT2D eigenvalue weighted by Crippen LogP contribution is -2.47. The highest BCUT2D eigenvalue weighted by molar-refractivity contribution is 5.91. The van der Waals surface area contributed by atoms with Gasteiger partial charge in [-0.3, -0.25) is 0 Å². The molecule has 5 unspecified atom stereocenters. The molecular weight excluding hydrogens is 647 g/mol. The molecule has 11 rings (SSSR count). The number of fused-ring (bicyclic) bond motifs is 7. The lowest BCUT2D eigenvalue weighted by molar-refractivity contribution is -0.0756. The van der Waals surface area contributed by atoms with Gasteiger partial charge in [0, 0.05) is 40.0 Å². The number of ether oxygens (including phenoxy) is 2. The van der Waals surface area contributed by atoms with Crippen molar-refractivity contribution in [3.63, 3.8) is 0 Å². The van der Waals surface area contributed by atoms with E-state index in [9.17, 15) is 0 Å². The number of hydrogen-bond donors (Lipinski definition) is 0. The van der Waals surface area contributed by atoms with Crippen LogP contribution in [0.3, 0.4) is 0 Å². The van der Waals surface area contributed by atoms with E-state index in [1.54, 1.807) is 0 Å². The predicted octanol–water partition coefficient (Wildman–Crippen LogP) is 12.2. The van der Waals surface area contributed by atoms with Crippen LogP contribution in [-0.4, -0.2) is 16.8 Å². The SMILES string of the molecule is C1=CC[C@@H]2OC3C[C@H](C4CC=Cc5c4c4ccccc4n5-c4ccccc4)C=CC3C(C3c4ccccc4Oc4cccc(-c5ccccc5)c43)C2=C1. The van der Waals surface area contributed by atoms with E-state index < -0.39 is 0 Å². The number of allylic oxidation sites excluding steroid dienone is 4. The third-order valence-electron chi connectivity index (χ3n) is 12.6. The molecule has 0 amide bonds. The summed E-state index contributed by atoms with van der Waals surface area (Å²) in [5.74, 6) is 3.27. The van der Waals surface area contributed by atoms with Gasteiger partial charge in [0.2, 0.25) is 0 Å². The van der Waals surface area contributed by atoms with Crippen LogP contribution in [0, 0.1) is 17.8 Å². The Morgan fingerprint density at radius 1 is 0.660 bits per heavy atom. The highest BCUT2D eigenvalue weighted by atomic mass is 16.5. The fourth-order valence-electron chi connectivity index (χ4n) is 10.5. The van der Waals surface area contributed by atoms with Crippen molar-refractivity contribution in [3.8, 4) is 28.3 Å². The summed E-state index contributed by atoms with van der Waals surface area (Å²) in [5.41, 5.74) is 11.8. The molecule has 0 radical (unpaired) electrons. The van der Waals surface area contributed by atoms with Gasteiger partial charge >= 0.3 is 0 Å². The summed E-state index contributed by atoms with van der Waals surface area (Å²) < 4.78 is 16.5. The molecule has 5 aliphatic rings. The van der Waals surface area contributed by atoms with E-state index in [1.165, 1.54) is 55.7 Å². The summed E-state index contributed by atoms with van der Waals surface area (Å²) in [7, 11) is 0. The van der Waals surface area contributed by atoms with Crippen LogP contribution in [0.4, 0.5) is 0 Å². The largest absolute Gasteiger partial charge is 0.457 e. The number of hydrogen-bond acceptors (Lipinski definition) is 2. The van der Waals surface area contributed by atoms with Gasteiger partial charge in [0.15, 0.2) is 0 Å². The van der Waals surface area contributed by atoms with E-state index in [-0.39, 0.29) is 30.0 Å². The topological polar surface area (TPSA) is 23.4 Å². The van der Waals surface area contributed by atoms with Crippen LogP contribution < -0.4 is 4.74 Å². The van der Waals surface area contributed by atoms with Crippen molar-refractivity contribution in [2.24, 2.45) is 17.8 Å². The Labute approximate surface area is 311 Å². The molecular formula is C50H41NO2. The van der Waals surface area contributed by atoms with Crippen LogP contribution in [0.15, 0.2) is 169 Å². The molecule has 53 heavy (non-hydrogen) atoms. The lowest BCUT2D eigenvalue weighted by atomic mass is 9.61. The second-order valence-corrected chi connectivity index (χ2v) is 15.3. The minimum Gasteiger partial charge on any atom is -0.457 e. The monoisotopic (exact) mass is 687 g/mol. The molecule has 3 heterocycles. The smallest absolute Gasteiger partial charge is 0.131 e. The zero-order chi connectivity index (χ0) is 34.9. The Morgan fingerprint density at radius 3 is 2.36 bits per heavy atom. The van der Waals surface area contributed by atoms with Gasteiger partial charge < -0.3 is 14.0 Å². The maximum absolute atomic E-state index is 7.25. The highest BCUT2D eigenvalue weighted by Crippen LogP contribution is 2.59. The molecule has 0 spiro atoms. The summed E-state index contributed by atoms with van der Waals surface area (Å²) >= 11 is 0. The molecule has 0 saturated carbocycles. The quantitative estimate of drug-likeness (QED) is 0.172. The van der Waals surface area contributed by atoms with E-state index in [2.05, 4.69) is 174 Å². The summed E-state index contributed by atoms with van der Waals surface area (Å²) in [6, 6.07) is 46.0. The van der Waals surface area contributed by atoms with Gasteiger partial charge in [-0.1, -0.05) is 134 Å². The zero-order valence-electron chi connectivity index (χ0n) is 29.6. The average molecular weight is 688 g/mol. The average Bonchev–Trinajstić information content (AvgIpc) is 3.57. The second kappa shape index (κ2) is 12.5. The van der Waals surface area contributed by atoms with Gasteiger partial charge in [-0.25, -0.2) is 0 Å². The molecule has 6 aromatic rings. The van der Waals surface area contributed by atoms with Gasteiger partial charge in [0.1, 0.15) is 11.5 Å². The van der Waals surface area contributed by atoms with E-state index in [0.717, 1.165) is 30.8 Å². The molecule has 258 valence electrons. The molecule has 0 N–H and O–H groups in total. The Kier molecular flexibility index (Phi) is 7.30. The number of rotatable bonds is 4. The van der Waals surface area contributed by atoms with E-state index in [4.69, 9.17) is 9.47 Å². The fraction of sp³-hybridized carbons (Fsp3) is 0.200. The van der Waals surface area contributed by atoms with Gasteiger partial charge in [0.25, 0.3) is 0 Å². The van der Waals surface area contributed by atoms with Crippen molar-refractivity contribution in [2.75, 3.05) is 0 Å². The summed E-state index contributed by atoms with van der Waals surface area (Å²) in [4.78, 5) is 0. The molecule has 3 nitrogen and oxygen atoms in total. The molecule has 5 aromatic carbocycles. The molecule has 1 aromatic heterocycles.